The lowest BCUT2D eigenvalue weighted by atomic mass is 9.85. The number of rotatable bonds is 7. The fourth-order valence-electron chi connectivity index (χ4n) is 4.75. The second-order valence-electron chi connectivity index (χ2n) is 7.06. The highest BCUT2D eigenvalue weighted by molar-refractivity contribution is 6.06. The average molecular weight is 289 g/mol. The first-order valence-corrected chi connectivity index (χ1v) is 8.70. The van der Waals surface area contributed by atoms with E-state index >= 15 is 0 Å². The number of hydrogen-bond donors (Lipinski definition) is 0. The second-order valence-corrected chi connectivity index (χ2v) is 7.06. The third-order valence-corrected chi connectivity index (χ3v) is 5.72. The van der Waals surface area contributed by atoms with Gasteiger partial charge in [-0.15, -0.1) is 0 Å². The van der Waals surface area contributed by atoms with Gasteiger partial charge in [-0.2, -0.15) is 0 Å². The molecule has 0 aromatic carbocycles. The topological polar surface area (TPSA) is 37.4 Å². The number of amides is 2. The highest BCUT2D eigenvalue weighted by Crippen LogP contribution is 2.52. The Morgan fingerprint density at radius 1 is 1.00 bits per heavy atom. The van der Waals surface area contributed by atoms with Crippen LogP contribution in [0.5, 0.6) is 0 Å². The van der Waals surface area contributed by atoms with Crippen LogP contribution in [0.1, 0.15) is 52.4 Å². The first kappa shape index (κ1) is 14.8. The van der Waals surface area contributed by atoms with Crippen molar-refractivity contribution in [1.29, 1.82) is 0 Å². The van der Waals surface area contributed by atoms with E-state index in [1.165, 1.54) is 25.7 Å². The molecule has 3 heteroatoms. The molecule has 0 radical (unpaired) electrons. The molecule has 2 amide bonds. The molecule has 4 atom stereocenters. The molecule has 2 aliphatic carbocycles. The van der Waals surface area contributed by atoms with E-state index in [4.69, 9.17) is 0 Å². The standard InChI is InChI=1S/C18H27NO2/c1-3-5-12(6-4-2)9-10-19-17(20)15-13-7-8-14(11-13)16(15)18(19)21/h7-8,12-16H,3-6,9-11H2,1-2H3. The summed E-state index contributed by atoms with van der Waals surface area (Å²) < 4.78 is 0. The fourth-order valence-corrected chi connectivity index (χ4v) is 4.75. The van der Waals surface area contributed by atoms with Crippen LogP contribution in [-0.2, 0) is 9.59 Å². The van der Waals surface area contributed by atoms with Gasteiger partial charge in [-0.05, 0) is 30.6 Å². The molecule has 2 bridgehead atoms. The maximum absolute atomic E-state index is 12.6. The van der Waals surface area contributed by atoms with Gasteiger partial charge in [0, 0.05) is 6.54 Å². The Bertz CT molecular complexity index is 420. The highest BCUT2D eigenvalue weighted by Gasteiger charge is 2.58. The minimum absolute atomic E-state index is 0.0247. The predicted octanol–water partition coefficient (Wildman–Crippen LogP) is 3.40. The number of carbonyl (C=O) groups excluding carboxylic acids is 2. The minimum Gasteiger partial charge on any atom is -0.282 e. The van der Waals surface area contributed by atoms with Crippen molar-refractivity contribution >= 4 is 11.8 Å². The Morgan fingerprint density at radius 3 is 2.00 bits per heavy atom. The summed E-state index contributed by atoms with van der Waals surface area (Å²) in [5.41, 5.74) is 0. The first-order valence-electron chi connectivity index (χ1n) is 8.70. The van der Waals surface area contributed by atoms with Crippen molar-refractivity contribution < 1.29 is 9.59 Å². The summed E-state index contributed by atoms with van der Waals surface area (Å²) in [6, 6.07) is 0. The van der Waals surface area contributed by atoms with E-state index in [1.54, 1.807) is 4.90 Å². The first-order chi connectivity index (χ1) is 10.2. The maximum Gasteiger partial charge on any atom is 0.233 e. The van der Waals surface area contributed by atoms with Crippen molar-refractivity contribution in [2.75, 3.05) is 6.54 Å². The summed E-state index contributed by atoms with van der Waals surface area (Å²) in [5.74, 6) is 1.52. The molecule has 21 heavy (non-hydrogen) atoms. The van der Waals surface area contributed by atoms with E-state index in [9.17, 15) is 9.59 Å². The van der Waals surface area contributed by atoms with Gasteiger partial charge in [0.05, 0.1) is 11.8 Å². The van der Waals surface area contributed by atoms with Crippen molar-refractivity contribution in [2.24, 2.45) is 29.6 Å². The Morgan fingerprint density at radius 2 is 1.52 bits per heavy atom. The van der Waals surface area contributed by atoms with E-state index in [0.29, 0.717) is 24.3 Å². The summed E-state index contributed by atoms with van der Waals surface area (Å²) >= 11 is 0. The van der Waals surface area contributed by atoms with Gasteiger partial charge in [0.2, 0.25) is 11.8 Å². The van der Waals surface area contributed by atoms with Crippen LogP contribution in [0.15, 0.2) is 12.2 Å². The molecule has 0 spiro atoms. The van der Waals surface area contributed by atoms with Gasteiger partial charge in [-0.3, -0.25) is 14.5 Å². The molecule has 116 valence electrons. The smallest absolute Gasteiger partial charge is 0.233 e. The lowest BCUT2D eigenvalue weighted by Crippen LogP contribution is -2.34. The van der Waals surface area contributed by atoms with E-state index in [1.807, 2.05) is 0 Å². The molecular formula is C18H27NO2. The van der Waals surface area contributed by atoms with E-state index in [2.05, 4.69) is 26.0 Å². The Hall–Kier alpha value is -1.12. The third kappa shape index (κ3) is 2.45. The van der Waals surface area contributed by atoms with Crippen LogP contribution in [0.25, 0.3) is 0 Å². The lowest BCUT2D eigenvalue weighted by molar-refractivity contribution is -0.140. The number of likely N-dealkylation sites (tertiary alicyclic amines) is 1. The number of carbonyl (C=O) groups is 2. The van der Waals surface area contributed by atoms with Crippen LogP contribution in [0, 0.1) is 29.6 Å². The number of hydrogen-bond acceptors (Lipinski definition) is 2. The minimum atomic E-state index is -0.0247. The molecule has 0 aromatic heterocycles. The van der Waals surface area contributed by atoms with Gasteiger partial charge < -0.3 is 0 Å². The molecule has 3 nitrogen and oxygen atoms in total. The Labute approximate surface area is 127 Å². The Kier molecular flexibility index (Phi) is 4.19. The summed E-state index contributed by atoms with van der Waals surface area (Å²) in [6.07, 6.45) is 11.1. The fraction of sp³-hybridized carbons (Fsp3) is 0.778. The monoisotopic (exact) mass is 289 g/mol. The largest absolute Gasteiger partial charge is 0.282 e. The molecule has 0 aromatic rings. The molecule has 2 fully saturated rings. The van der Waals surface area contributed by atoms with Gasteiger partial charge in [-0.1, -0.05) is 51.7 Å². The second kappa shape index (κ2) is 5.94. The van der Waals surface area contributed by atoms with Crippen LogP contribution < -0.4 is 0 Å². The van der Waals surface area contributed by atoms with Gasteiger partial charge in [0.1, 0.15) is 0 Å². The molecule has 4 unspecified atom stereocenters. The van der Waals surface area contributed by atoms with Crippen LogP contribution in [0.3, 0.4) is 0 Å². The van der Waals surface area contributed by atoms with Crippen LogP contribution in [-0.4, -0.2) is 23.3 Å². The highest BCUT2D eigenvalue weighted by atomic mass is 16.2. The zero-order chi connectivity index (χ0) is 15.0. The number of allylic oxidation sites excluding steroid dienone is 2. The quantitative estimate of drug-likeness (QED) is 0.532. The summed E-state index contributed by atoms with van der Waals surface area (Å²) in [6.45, 7) is 5.07. The number of fused-ring (bicyclic) bond motifs is 5. The SMILES string of the molecule is CCCC(CCC)CCN1C(=O)C2C3C=CC(C3)C2C1=O. The molecule has 1 aliphatic heterocycles. The van der Waals surface area contributed by atoms with Crippen LogP contribution >= 0.6 is 0 Å². The predicted molar refractivity (Wildman–Crippen MR) is 82.4 cm³/mol. The van der Waals surface area contributed by atoms with Gasteiger partial charge >= 0.3 is 0 Å². The van der Waals surface area contributed by atoms with Crippen molar-refractivity contribution in [3.63, 3.8) is 0 Å². The molecule has 1 heterocycles. The Balaban J connectivity index is 1.62. The number of imide groups is 1. The van der Waals surface area contributed by atoms with Crippen molar-refractivity contribution in [1.82, 2.24) is 4.90 Å². The van der Waals surface area contributed by atoms with Crippen LogP contribution in [0.2, 0.25) is 0 Å². The molecule has 1 saturated heterocycles. The lowest BCUT2D eigenvalue weighted by Gasteiger charge is -2.21. The maximum atomic E-state index is 12.6. The van der Waals surface area contributed by atoms with Crippen LogP contribution in [0.4, 0.5) is 0 Å². The van der Waals surface area contributed by atoms with Gasteiger partial charge in [0.25, 0.3) is 0 Å². The summed E-state index contributed by atoms with van der Waals surface area (Å²) in [4.78, 5) is 26.8. The van der Waals surface area contributed by atoms with E-state index in [-0.39, 0.29) is 23.7 Å². The summed E-state index contributed by atoms with van der Waals surface area (Å²) in [5, 5.41) is 0. The van der Waals surface area contributed by atoms with Crippen molar-refractivity contribution in [2.45, 2.75) is 52.4 Å². The number of nitrogens with zero attached hydrogens (tertiary/aromatic N) is 1. The molecule has 3 rings (SSSR count). The molecular weight excluding hydrogens is 262 g/mol. The van der Waals surface area contributed by atoms with Crippen molar-refractivity contribution in [3.8, 4) is 0 Å². The summed E-state index contributed by atoms with van der Waals surface area (Å²) in [7, 11) is 0. The zero-order valence-corrected chi connectivity index (χ0v) is 13.3. The normalized spacial score (nSPS) is 33.6. The third-order valence-electron chi connectivity index (χ3n) is 5.72. The molecule has 0 N–H and O–H groups in total. The van der Waals surface area contributed by atoms with E-state index < -0.39 is 0 Å². The van der Waals surface area contributed by atoms with Crippen molar-refractivity contribution in [3.05, 3.63) is 12.2 Å². The van der Waals surface area contributed by atoms with Gasteiger partial charge in [-0.25, -0.2) is 0 Å². The molecule has 3 aliphatic rings. The zero-order valence-electron chi connectivity index (χ0n) is 13.3. The molecule has 1 saturated carbocycles. The average Bonchev–Trinajstić information content (AvgIpc) is 3.13. The van der Waals surface area contributed by atoms with Gasteiger partial charge in [0.15, 0.2) is 0 Å². The van der Waals surface area contributed by atoms with E-state index in [0.717, 1.165) is 12.8 Å².